The van der Waals surface area contributed by atoms with Crippen molar-refractivity contribution in [3.05, 3.63) is 11.8 Å². The Kier molecular flexibility index (Phi) is 7.25. The number of hydrogen-bond acceptors (Lipinski definition) is 3. The van der Waals surface area contributed by atoms with Crippen molar-refractivity contribution in [2.24, 2.45) is 5.92 Å². The van der Waals surface area contributed by atoms with E-state index in [1.165, 1.54) is 32.1 Å². The third-order valence-electron chi connectivity index (χ3n) is 3.75. The van der Waals surface area contributed by atoms with E-state index in [-0.39, 0.29) is 11.7 Å². The summed E-state index contributed by atoms with van der Waals surface area (Å²) in [4.78, 5) is 14.2. The maximum Gasteiger partial charge on any atom is 0.177 e. The van der Waals surface area contributed by atoms with E-state index in [2.05, 4.69) is 6.07 Å². The molecule has 1 aliphatic rings. The molecule has 0 unspecified atom stereocenters. The van der Waals surface area contributed by atoms with Gasteiger partial charge in [0.15, 0.2) is 5.78 Å². The third-order valence-corrected chi connectivity index (χ3v) is 3.75. The topological polar surface area (TPSA) is 44.1 Å². The number of rotatable bonds is 3. The molecule has 0 aromatic carbocycles. The molecule has 0 aliphatic heterocycles. The molecule has 3 nitrogen and oxygen atoms in total. The van der Waals surface area contributed by atoms with Crippen molar-refractivity contribution in [2.45, 2.75) is 57.8 Å². The van der Waals surface area contributed by atoms with Gasteiger partial charge in [-0.25, -0.2) is 0 Å². The number of hydrogen-bond donors (Lipinski definition) is 0. The highest BCUT2D eigenvalue weighted by molar-refractivity contribution is 6.00. The molecule has 1 saturated carbocycles. The average Bonchev–Trinajstić information content (AvgIpc) is 2.41. The number of ketones is 1. The van der Waals surface area contributed by atoms with Crippen molar-refractivity contribution in [3.63, 3.8) is 0 Å². The first kappa shape index (κ1) is 15.8. The number of carbonyl (C=O) groups is 1. The van der Waals surface area contributed by atoms with Crippen molar-refractivity contribution in [1.29, 1.82) is 5.26 Å². The van der Waals surface area contributed by atoms with E-state index in [4.69, 9.17) is 5.26 Å². The summed E-state index contributed by atoms with van der Waals surface area (Å²) in [6.45, 7) is 0. The highest BCUT2D eigenvalue weighted by Crippen LogP contribution is 2.24. The first-order valence-electron chi connectivity index (χ1n) is 7.47. The first-order chi connectivity index (χ1) is 9.15. The average molecular weight is 262 g/mol. The molecule has 0 bridgehead atoms. The van der Waals surface area contributed by atoms with E-state index in [1.807, 2.05) is 14.1 Å². The SMILES string of the molecule is CN(C)/C=C(\C#N)C(=O)C1CCCCCCCCC1. The van der Waals surface area contributed by atoms with Gasteiger partial charge >= 0.3 is 0 Å². The monoisotopic (exact) mass is 262 g/mol. The number of allylic oxidation sites excluding steroid dienone is 1. The van der Waals surface area contributed by atoms with E-state index in [1.54, 1.807) is 11.1 Å². The maximum atomic E-state index is 12.4. The van der Waals surface area contributed by atoms with Crippen molar-refractivity contribution in [1.82, 2.24) is 4.90 Å². The number of Topliss-reactive ketones (excluding diaryl/α,β-unsaturated/α-hetero) is 1. The van der Waals surface area contributed by atoms with Gasteiger partial charge in [-0.2, -0.15) is 5.26 Å². The zero-order valence-electron chi connectivity index (χ0n) is 12.3. The zero-order valence-corrected chi connectivity index (χ0v) is 12.3. The van der Waals surface area contributed by atoms with Gasteiger partial charge < -0.3 is 4.90 Å². The summed E-state index contributed by atoms with van der Waals surface area (Å²) >= 11 is 0. The van der Waals surface area contributed by atoms with Crippen LogP contribution in [0.25, 0.3) is 0 Å². The fraction of sp³-hybridized carbons (Fsp3) is 0.750. The van der Waals surface area contributed by atoms with Crippen molar-refractivity contribution in [3.8, 4) is 6.07 Å². The summed E-state index contributed by atoms with van der Waals surface area (Å²) in [5, 5.41) is 9.14. The maximum absolute atomic E-state index is 12.4. The summed E-state index contributed by atoms with van der Waals surface area (Å²) in [5.74, 6) is 0.112. The number of nitrogens with zero attached hydrogens (tertiary/aromatic N) is 2. The molecule has 0 N–H and O–H groups in total. The van der Waals surface area contributed by atoms with Gasteiger partial charge in [0, 0.05) is 26.2 Å². The minimum atomic E-state index is 0.0526. The standard InChI is InChI=1S/C16H26N2O/c1-18(2)13-15(12-17)16(19)14-10-8-6-4-3-5-7-9-11-14/h13-14H,3-11H2,1-2H3/b15-13+. The van der Waals surface area contributed by atoms with Crippen LogP contribution in [0.5, 0.6) is 0 Å². The summed E-state index contributed by atoms with van der Waals surface area (Å²) in [6, 6.07) is 2.06. The lowest BCUT2D eigenvalue weighted by Gasteiger charge is -2.17. The number of nitriles is 1. The molecule has 1 rings (SSSR count). The second kappa shape index (κ2) is 8.74. The van der Waals surface area contributed by atoms with Crippen LogP contribution in [0.3, 0.4) is 0 Å². The normalized spacial score (nSPS) is 19.5. The van der Waals surface area contributed by atoms with Crippen LogP contribution in [0.1, 0.15) is 57.8 Å². The lowest BCUT2D eigenvalue weighted by Crippen LogP contribution is -2.18. The molecule has 0 aromatic rings. The Labute approximate surface area is 117 Å². The Bertz CT molecular complexity index is 342. The Morgan fingerprint density at radius 3 is 1.95 bits per heavy atom. The molecule has 1 fully saturated rings. The Morgan fingerprint density at radius 1 is 1.05 bits per heavy atom. The van der Waals surface area contributed by atoms with Crippen molar-refractivity contribution >= 4 is 5.78 Å². The lowest BCUT2D eigenvalue weighted by atomic mass is 9.87. The van der Waals surface area contributed by atoms with Crippen LogP contribution < -0.4 is 0 Å². The fourth-order valence-electron chi connectivity index (χ4n) is 2.70. The van der Waals surface area contributed by atoms with Crippen LogP contribution in [0, 0.1) is 17.2 Å². The van der Waals surface area contributed by atoms with Gasteiger partial charge in [-0.3, -0.25) is 4.79 Å². The van der Waals surface area contributed by atoms with Crippen molar-refractivity contribution in [2.75, 3.05) is 14.1 Å². The predicted molar refractivity (Wildman–Crippen MR) is 77.4 cm³/mol. The highest BCUT2D eigenvalue weighted by atomic mass is 16.1. The third kappa shape index (κ3) is 5.92. The summed E-state index contributed by atoms with van der Waals surface area (Å²) in [5.41, 5.74) is 0.312. The minimum absolute atomic E-state index is 0.0526. The van der Waals surface area contributed by atoms with Gasteiger partial charge in [-0.1, -0.05) is 44.9 Å². The van der Waals surface area contributed by atoms with E-state index in [9.17, 15) is 4.79 Å². The summed E-state index contributed by atoms with van der Waals surface area (Å²) < 4.78 is 0. The van der Waals surface area contributed by atoms with Crippen molar-refractivity contribution < 1.29 is 4.79 Å². The largest absolute Gasteiger partial charge is 0.382 e. The van der Waals surface area contributed by atoms with Gasteiger partial charge in [-0.05, 0) is 12.8 Å². The van der Waals surface area contributed by atoms with E-state index < -0.39 is 0 Å². The second-order valence-corrected chi connectivity index (χ2v) is 5.73. The molecule has 0 atom stereocenters. The van der Waals surface area contributed by atoms with E-state index >= 15 is 0 Å². The Hall–Kier alpha value is -1.30. The molecule has 0 amide bonds. The second-order valence-electron chi connectivity index (χ2n) is 5.73. The summed E-state index contributed by atoms with van der Waals surface area (Å²) in [7, 11) is 3.69. The lowest BCUT2D eigenvalue weighted by molar-refractivity contribution is -0.119. The predicted octanol–water partition coefficient (Wildman–Crippen LogP) is 3.67. The molecular formula is C16H26N2O. The molecule has 1 aliphatic carbocycles. The molecule has 3 heteroatoms. The fourth-order valence-corrected chi connectivity index (χ4v) is 2.70. The van der Waals surface area contributed by atoms with Gasteiger partial charge in [0.1, 0.15) is 11.6 Å². The van der Waals surface area contributed by atoms with E-state index in [0.29, 0.717) is 5.57 Å². The van der Waals surface area contributed by atoms with Crippen LogP contribution in [-0.2, 0) is 4.79 Å². The van der Waals surface area contributed by atoms with Gasteiger partial charge in [0.2, 0.25) is 0 Å². The zero-order chi connectivity index (χ0) is 14.1. The first-order valence-corrected chi connectivity index (χ1v) is 7.47. The molecule has 106 valence electrons. The molecular weight excluding hydrogens is 236 g/mol. The molecule has 19 heavy (non-hydrogen) atoms. The Balaban J connectivity index is 2.67. The smallest absolute Gasteiger partial charge is 0.177 e. The quantitative estimate of drug-likeness (QED) is 0.576. The van der Waals surface area contributed by atoms with Crippen LogP contribution in [0.15, 0.2) is 11.8 Å². The van der Waals surface area contributed by atoms with Crippen LogP contribution in [-0.4, -0.2) is 24.8 Å². The van der Waals surface area contributed by atoms with Crippen LogP contribution in [0.2, 0.25) is 0 Å². The molecule has 0 aromatic heterocycles. The molecule has 0 spiro atoms. The van der Waals surface area contributed by atoms with Gasteiger partial charge in [0.25, 0.3) is 0 Å². The van der Waals surface area contributed by atoms with Gasteiger partial charge in [-0.15, -0.1) is 0 Å². The molecule has 0 saturated heterocycles. The Morgan fingerprint density at radius 2 is 1.53 bits per heavy atom. The molecule has 0 radical (unpaired) electrons. The van der Waals surface area contributed by atoms with Crippen LogP contribution >= 0.6 is 0 Å². The van der Waals surface area contributed by atoms with Gasteiger partial charge in [0.05, 0.1) is 0 Å². The highest BCUT2D eigenvalue weighted by Gasteiger charge is 2.22. The minimum Gasteiger partial charge on any atom is -0.382 e. The molecule has 0 heterocycles. The summed E-state index contributed by atoms with van der Waals surface area (Å²) in [6.07, 6.45) is 12.2. The van der Waals surface area contributed by atoms with E-state index in [0.717, 1.165) is 25.7 Å². The van der Waals surface area contributed by atoms with Crippen LogP contribution in [0.4, 0.5) is 0 Å². The number of carbonyl (C=O) groups excluding carboxylic acids is 1.